The van der Waals surface area contributed by atoms with E-state index in [1.807, 2.05) is 0 Å². The molecular formula is C71H138O17P2. The molecular weight excluding hydrogens is 1190 g/mol. The summed E-state index contributed by atoms with van der Waals surface area (Å²) >= 11 is 0. The van der Waals surface area contributed by atoms with Crippen molar-refractivity contribution in [3.8, 4) is 0 Å². The highest BCUT2D eigenvalue weighted by Gasteiger charge is 2.30. The molecule has 0 radical (unpaired) electrons. The van der Waals surface area contributed by atoms with Crippen LogP contribution in [0.5, 0.6) is 0 Å². The van der Waals surface area contributed by atoms with Gasteiger partial charge in [-0.25, -0.2) is 9.13 Å². The minimum absolute atomic E-state index is 0.105. The first-order valence-electron chi connectivity index (χ1n) is 37.0. The minimum atomic E-state index is -4.95. The van der Waals surface area contributed by atoms with Crippen LogP contribution in [0.3, 0.4) is 0 Å². The molecule has 534 valence electrons. The minimum Gasteiger partial charge on any atom is -0.462 e. The van der Waals surface area contributed by atoms with Crippen molar-refractivity contribution in [2.24, 2.45) is 11.8 Å². The van der Waals surface area contributed by atoms with Crippen molar-refractivity contribution >= 4 is 39.5 Å². The topological polar surface area (TPSA) is 237 Å². The number of hydrogen-bond donors (Lipinski definition) is 3. The lowest BCUT2D eigenvalue weighted by molar-refractivity contribution is -0.161. The molecule has 0 saturated carbocycles. The standard InChI is InChI=1S/C71H138O17P2/c1-7-10-12-14-16-18-20-22-23-25-29-37-43-49-55-70(75)87-66(59-82-69(74)54-48-42-36-30-26-27-33-39-45-51-63(4)5)61-85-89(77,78)83-57-65(72)58-84-90(79,80)86-62-67(88-71(76)56-50-44-38-32-31-34-40-46-52-64(6)9-3)60-81-68(73)53-47-41-35-28-24-21-19-17-15-13-11-8-2/h63-67,72H,7-62H2,1-6H3,(H,77,78)(H,79,80)/t64?,65-,66-,67-/m1/s1. The Bertz CT molecular complexity index is 1750. The van der Waals surface area contributed by atoms with Crippen molar-refractivity contribution in [1.82, 2.24) is 0 Å². The van der Waals surface area contributed by atoms with Crippen molar-refractivity contribution in [1.29, 1.82) is 0 Å². The summed E-state index contributed by atoms with van der Waals surface area (Å²) in [6.07, 6.45) is 48.4. The molecule has 0 aliphatic carbocycles. The van der Waals surface area contributed by atoms with Crippen LogP contribution in [0.4, 0.5) is 0 Å². The average Bonchev–Trinajstić information content (AvgIpc) is 3.34. The molecule has 0 aliphatic rings. The van der Waals surface area contributed by atoms with E-state index in [1.54, 1.807) is 0 Å². The molecule has 19 heteroatoms. The van der Waals surface area contributed by atoms with Gasteiger partial charge in [0.25, 0.3) is 0 Å². The van der Waals surface area contributed by atoms with Gasteiger partial charge in [-0.05, 0) is 37.5 Å². The SMILES string of the molecule is CCCCCCCCCCCCCCCCC(=O)O[C@H](COC(=O)CCCCCCCCCCCC(C)C)COP(=O)(O)OC[C@@H](O)COP(=O)(O)OC[C@@H](COC(=O)CCCCCCCCCCCCCC)OC(=O)CCCCCCCCCCC(C)CC. The van der Waals surface area contributed by atoms with Gasteiger partial charge >= 0.3 is 39.5 Å². The number of rotatable bonds is 70. The molecule has 0 aromatic rings. The third-order valence-corrected chi connectivity index (χ3v) is 18.7. The zero-order valence-electron chi connectivity index (χ0n) is 58.4. The molecule has 0 fully saturated rings. The fourth-order valence-electron chi connectivity index (χ4n) is 10.7. The van der Waals surface area contributed by atoms with E-state index in [0.717, 1.165) is 102 Å². The maximum absolute atomic E-state index is 13.0. The molecule has 0 amide bonds. The highest BCUT2D eigenvalue weighted by Crippen LogP contribution is 2.45. The number of carbonyl (C=O) groups excluding carboxylic acids is 4. The number of aliphatic hydroxyl groups is 1. The van der Waals surface area contributed by atoms with E-state index < -0.39 is 97.5 Å². The van der Waals surface area contributed by atoms with E-state index in [2.05, 4.69) is 41.5 Å². The summed E-state index contributed by atoms with van der Waals surface area (Å²) in [5.41, 5.74) is 0. The Balaban J connectivity index is 5.27. The molecule has 0 saturated heterocycles. The van der Waals surface area contributed by atoms with Gasteiger partial charge < -0.3 is 33.8 Å². The number of aliphatic hydroxyl groups excluding tert-OH is 1. The molecule has 0 rings (SSSR count). The zero-order valence-corrected chi connectivity index (χ0v) is 60.2. The summed E-state index contributed by atoms with van der Waals surface area (Å²) in [5, 5.41) is 10.6. The maximum atomic E-state index is 13.0. The number of hydrogen-bond acceptors (Lipinski definition) is 15. The second-order valence-electron chi connectivity index (χ2n) is 26.3. The van der Waals surface area contributed by atoms with E-state index >= 15 is 0 Å². The van der Waals surface area contributed by atoms with Crippen LogP contribution in [0.2, 0.25) is 0 Å². The normalized spacial score (nSPS) is 14.4. The van der Waals surface area contributed by atoms with Gasteiger partial charge in [-0.3, -0.25) is 37.3 Å². The Morgan fingerprint density at radius 2 is 0.567 bits per heavy atom. The van der Waals surface area contributed by atoms with E-state index in [4.69, 9.17) is 37.0 Å². The van der Waals surface area contributed by atoms with Crippen LogP contribution in [0.1, 0.15) is 363 Å². The largest absolute Gasteiger partial charge is 0.472 e. The van der Waals surface area contributed by atoms with E-state index in [9.17, 15) is 43.2 Å². The van der Waals surface area contributed by atoms with Crippen LogP contribution in [-0.2, 0) is 65.4 Å². The third kappa shape index (κ3) is 63.5. The lowest BCUT2D eigenvalue weighted by Gasteiger charge is -2.21. The van der Waals surface area contributed by atoms with Gasteiger partial charge in [0.1, 0.15) is 19.3 Å². The predicted molar refractivity (Wildman–Crippen MR) is 363 cm³/mol. The molecule has 0 bridgehead atoms. The molecule has 6 atom stereocenters. The Labute approximate surface area is 549 Å². The Kier molecular flexibility index (Phi) is 61.8. The van der Waals surface area contributed by atoms with Gasteiger partial charge in [-0.15, -0.1) is 0 Å². The van der Waals surface area contributed by atoms with Crippen LogP contribution in [0.25, 0.3) is 0 Å². The number of esters is 4. The maximum Gasteiger partial charge on any atom is 0.472 e. The smallest absolute Gasteiger partial charge is 0.462 e. The molecule has 0 aliphatic heterocycles. The summed E-state index contributed by atoms with van der Waals surface area (Å²) in [4.78, 5) is 72.6. The first-order valence-corrected chi connectivity index (χ1v) is 40.0. The van der Waals surface area contributed by atoms with Crippen molar-refractivity contribution in [2.45, 2.75) is 381 Å². The third-order valence-electron chi connectivity index (χ3n) is 16.8. The summed E-state index contributed by atoms with van der Waals surface area (Å²) in [6, 6.07) is 0. The summed E-state index contributed by atoms with van der Waals surface area (Å²) < 4.78 is 68.3. The number of ether oxygens (including phenoxy) is 4. The highest BCUT2D eigenvalue weighted by molar-refractivity contribution is 7.47. The lowest BCUT2D eigenvalue weighted by atomic mass is 9.99. The second kappa shape index (κ2) is 63.1. The molecule has 3 unspecified atom stereocenters. The monoisotopic (exact) mass is 1320 g/mol. The molecule has 0 spiro atoms. The van der Waals surface area contributed by atoms with Gasteiger partial charge in [-0.1, -0.05) is 311 Å². The fraction of sp³-hybridized carbons (Fsp3) is 0.944. The van der Waals surface area contributed by atoms with E-state index in [1.165, 1.54) is 180 Å². The zero-order chi connectivity index (χ0) is 66.5. The fourth-order valence-corrected chi connectivity index (χ4v) is 12.3. The van der Waals surface area contributed by atoms with Crippen LogP contribution in [0.15, 0.2) is 0 Å². The van der Waals surface area contributed by atoms with Crippen molar-refractivity contribution in [2.75, 3.05) is 39.6 Å². The highest BCUT2D eigenvalue weighted by atomic mass is 31.2. The predicted octanol–water partition coefficient (Wildman–Crippen LogP) is 20.4. The van der Waals surface area contributed by atoms with Crippen molar-refractivity contribution in [3.63, 3.8) is 0 Å². The van der Waals surface area contributed by atoms with Gasteiger partial charge in [0.2, 0.25) is 0 Å². The van der Waals surface area contributed by atoms with Gasteiger partial charge in [0, 0.05) is 25.7 Å². The molecule has 0 aromatic heterocycles. The van der Waals surface area contributed by atoms with Crippen LogP contribution in [0, 0.1) is 11.8 Å². The Morgan fingerprint density at radius 3 is 0.844 bits per heavy atom. The molecule has 0 heterocycles. The van der Waals surface area contributed by atoms with Gasteiger partial charge in [-0.2, -0.15) is 0 Å². The number of carbonyl (C=O) groups is 4. The molecule has 90 heavy (non-hydrogen) atoms. The lowest BCUT2D eigenvalue weighted by Crippen LogP contribution is -2.30. The summed E-state index contributed by atoms with van der Waals surface area (Å²) in [7, 11) is -9.90. The van der Waals surface area contributed by atoms with E-state index in [0.29, 0.717) is 25.7 Å². The molecule has 3 N–H and O–H groups in total. The number of unbranched alkanes of at least 4 members (excludes halogenated alkanes) is 39. The quantitative estimate of drug-likeness (QED) is 0.0222. The van der Waals surface area contributed by atoms with Gasteiger partial charge in [0.05, 0.1) is 26.4 Å². The second-order valence-corrected chi connectivity index (χ2v) is 29.3. The van der Waals surface area contributed by atoms with Gasteiger partial charge in [0.15, 0.2) is 12.2 Å². The summed E-state index contributed by atoms with van der Waals surface area (Å²) in [6.45, 7) is 9.54. The molecule has 0 aromatic carbocycles. The van der Waals surface area contributed by atoms with Crippen LogP contribution >= 0.6 is 15.6 Å². The average molecular weight is 1330 g/mol. The molecule has 17 nitrogen and oxygen atoms in total. The Hall–Kier alpha value is -1.94. The first-order chi connectivity index (χ1) is 43.4. The van der Waals surface area contributed by atoms with E-state index in [-0.39, 0.29) is 25.7 Å². The van der Waals surface area contributed by atoms with Crippen LogP contribution in [-0.4, -0.2) is 96.7 Å². The first kappa shape index (κ1) is 88.1. The van der Waals surface area contributed by atoms with Crippen LogP contribution < -0.4 is 0 Å². The summed E-state index contributed by atoms with van der Waals surface area (Å²) in [5.74, 6) is -0.608. The Morgan fingerprint density at radius 1 is 0.322 bits per heavy atom. The number of phosphoric acid groups is 2. The van der Waals surface area contributed by atoms with Crippen molar-refractivity contribution < 1.29 is 80.2 Å². The van der Waals surface area contributed by atoms with Crippen molar-refractivity contribution in [3.05, 3.63) is 0 Å². The number of phosphoric ester groups is 2.